The summed E-state index contributed by atoms with van der Waals surface area (Å²) in [7, 11) is 0. The van der Waals surface area contributed by atoms with Gasteiger partial charge in [0.1, 0.15) is 6.04 Å². The standard InChI is InChI=1S/C13H22N2O2/c1-10(2)9-12(14)13(16)17-11(3)15-7-5-4-6-8-15/h4-7,10-12H,8-9,14H2,1-3H3. The number of rotatable bonds is 5. The lowest BCUT2D eigenvalue weighted by Gasteiger charge is -2.28. The van der Waals surface area contributed by atoms with Crippen molar-refractivity contribution in [2.45, 2.75) is 39.5 Å². The number of ether oxygens (including phenoxy) is 1. The third kappa shape index (κ3) is 4.61. The Kier molecular flexibility index (Phi) is 5.22. The van der Waals surface area contributed by atoms with Crippen LogP contribution in [0.4, 0.5) is 0 Å². The van der Waals surface area contributed by atoms with Crippen molar-refractivity contribution < 1.29 is 9.53 Å². The van der Waals surface area contributed by atoms with Crippen LogP contribution in [0, 0.1) is 5.92 Å². The molecule has 0 aromatic rings. The van der Waals surface area contributed by atoms with Crippen molar-refractivity contribution >= 4 is 5.97 Å². The van der Waals surface area contributed by atoms with Gasteiger partial charge in [0.15, 0.2) is 6.23 Å². The molecule has 0 radical (unpaired) electrons. The Morgan fingerprint density at radius 2 is 2.12 bits per heavy atom. The number of nitrogens with zero attached hydrogens (tertiary/aromatic N) is 1. The van der Waals surface area contributed by atoms with Gasteiger partial charge in [0.05, 0.1) is 0 Å². The van der Waals surface area contributed by atoms with Gasteiger partial charge in [0.2, 0.25) is 0 Å². The van der Waals surface area contributed by atoms with E-state index in [0.717, 1.165) is 6.54 Å². The minimum atomic E-state index is -0.526. The summed E-state index contributed by atoms with van der Waals surface area (Å²) in [5.41, 5.74) is 5.77. The monoisotopic (exact) mass is 238 g/mol. The van der Waals surface area contributed by atoms with E-state index in [2.05, 4.69) is 0 Å². The predicted molar refractivity (Wildman–Crippen MR) is 68.0 cm³/mol. The number of carbonyl (C=O) groups is 1. The van der Waals surface area contributed by atoms with Crippen LogP contribution in [0.15, 0.2) is 24.4 Å². The molecule has 1 heterocycles. The molecule has 0 fully saturated rings. The molecule has 0 aliphatic carbocycles. The van der Waals surface area contributed by atoms with E-state index in [9.17, 15) is 4.79 Å². The third-order valence-corrected chi connectivity index (χ3v) is 2.62. The molecule has 0 saturated heterocycles. The highest BCUT2D eigenvalue weighted by molar-refractivity contribution is 5.75. The minimum Gasteiger partial charge on any atom is -0.441 e. The van der Waals surface area contributed by atoms with Crippen molar-refractivity contribution in [3.63, 3.8) is 0 Å². The van der Waals surface area contributed by atoms with Crippen LogP contribution >= 0.6 is 0 Å². The van der Waals surface area contributed by atoms with Crippen LogP contribution in [-0.4, -0.2) is 29.7 Å². The van der Waals surface area contributed by atoms with Crippen molar-refractivity contribution in [3.8, 4) is 0 Å². The van der Waals surface area contributed by atoms with E-state index in [-0.39, 0.29) is 12.2 Å². The van der Waals surface area contributed by atoms with Crippen molar-refractivity contribution in [2.24, 2.45) is 11.7 Å². The van der Waals surface area contributed by atoms with Gasteiger partial charge in [-0.3, -0.25) is 4.79 Å². The number of nitrogens with two attached hydrogens (primary N) is 1. The van der Waals surface area contributed by atoms with Crippen LogP contribution in [0.3, 0.4) is 0 Å². The highest BCUT2D eigenvalue weighted by Gasteiger charge is 2.21. The third-order valence-electron chi connectivity index (χ3n) is 2.62. The summed E-state index contributed by atoms with van der Waals surface area (Å²) in [6.07, 6.45) is 8.19. The Morgan fingerprint density at radius 1 is 1.41 bits per heavy atom. The zero-order valence-electron chi connectivity index (χ0n) is 10.8. The van der Waals surface area contributed by atoms with Crippen molar-refractivity contribution in [3.05, 3.63) is 24.4 Å². The molecule has 4 heteroatoms. The molecule has 2 N–H and O–H groups in total. The highest BCUT2D eigenvalue weighted by atomic mass is 16.6. The summed E-state index contributed by atoms with van der Waals surface area (Å²) < 4.78 is 5.33. The maximum absolute atomic E-state index is 11.7. The molecule has 0 spiro atoms. The van der Waals surface area contributed by atoms with E-state index < -0.39 is 6.04 Å². The maximum atomic E-state index is 11.7. The summed E-state index contributed by atoms with van der Waals surface area (Å²) >= 11 is 0. The van der Waals surface area contributed by atoms with Gasteiger partial charge < -0.3 is 15.4 Å². The molecular formula is C13H22N2O2. The summed E-state index contributed by atoms with van der Waals surface area (Å²) in [6, 6.07) is -0.526. The average molecular weight is 238 g/mol. The Bertz CT molecular complexity index is 311. The van der Waals surface area contributed by atoms with Gasteiger partial charge in [-0.2, -0.15) is 0 Å². The fraction of sp³-hybridized carbons (Fsp3) is 0.615. The minimum absolute atomic E-state index is 0.276. The molecule has 0 amide bonds. The quantitative estimate of drug-likeness (QED) is 0.740. The van der Waals surface area contributed by atoms with Crippen LogP contribution in [-0.2, 0) is 9.53 Å². The van der Waals surface area contributed by atoms with Crippen LogP contribution in [0.25, 0.3) is 0 Å². The summed E-state index contributed by atoms with van der Waals surface area (Å²) in [5.74, 6) is 0.0693. The van der Waals surface area contributed by atoms with E-state index in [0.29, 0.717) is 12.3 Å². The number of esters is 1. The van der Waals surface area contributed by atoms with Gasteiger partial charge >= 0.3 is 5.97 Å². The molecule has 1 rings (SSSR count). The summed E-state index contributed by atoms with van der Waals surface area (Å²) in [6.45, 7) is 6.68. The smallest absolute Gasteiger partial charge is 0.324 e. The second kappa shape index (κ2) is 6.45. The van der Waals surface area contributed by atoms with Gasteiger partial charge in [0, 0.05) is 12.7 Å². The Balaban J connectivity index is 2.39. The van der Waals surface area contributed by atoms with Crippen molar-refractivity contribution in [2.75, 3.05) is 6.54 Å². The van der Waals surface area contributed by atoms with Crippen LogP contribution in [0.1, 0.15) is 27.2 Å². The molecule has 2 unspecified atom stereocenters. The Labute approximate surface area is 103 Å². The summed E-state index contributed by atoms with van der Waals surface area (Å²) in [5, 5.41) is 0. The predicted octanol–water partition coefficient (Wildman–Crippen LogP) is 1.63. The molecule has 4 nitrogen and oxygen atoms in total. The number of hydrogen-bond donors (Lipinski definition) is 1. The number of hydrogen-bond acceptors (Lipinski definition) is 4. The van der Waals surface area contributed by atoms with Gasteiger partial charge in [-0.25, -0.2) is 0 Å². The lowest BCUT2D eigenvalue weighted by Crippen LogP contribution is -2.40. The molecule has 96 valence electrons. The van der Waals surface area contributed by atoms with E-state index in [4.69, 9.17) is 10.5 Å². The second-order valence-corrected chi connectivity index (χ2v) is 4.74. The van der Waals surface area contributed by atoms with Crippen LogP contribution in [0.2, 0.25) is 0 Å². The zero-order valence-corrected chi connectivity index (χ0v) is 10.8. The molecule has 0 saturated carbocycles. The second-order valence-electron chi connectivity index (χ2n) is 4.74. The molecular weight excluding hydrogens is 216 g/mol. The number of carbonyl (C=O) groups excluding carboxylic acids is 1. The van der Waals surface area contributed by atoms with E-state index in [1.165, 1.54) is 0 Å². The SMILES string of the molecule is CC(C)CC(N)C(=O)OC(C)N1C=CC=CC1. The Morgan fingerprint density at radius 3 is 2.65 bits per heavy atom. The Hall–Kier alpha value is -1.29. The molecule has 0 aromatic carbocycles. The summed E-state index contributed by atoms with van der Waals surface area (Å²) in [4.78, 5) is 13.7. The fourth-order valence-electron chi connectivity index (χ4n) is 1.68. The highest BCUT2D eigenvalue weighted by Crippen LogP contribution is 2.09. The largest absolute Gasteiger partial charge is 0.441 e. The lowest BCUT2D eigenvalue weighted by atomic mass is 10.1. The van der Waals surface area contributed by atoms with E-state index >= 15 is 0 Å². The van der Waals surface area contributed by atoms with Gasteiger partial charge in [-0.1, -0.05) is 26.0 Å². The zero-order chi connectivity index (χ0) is 12.8. The molecule has 2 atom stereocenters. The molecule has 0 aromatic heterocycles. The maximum Gasteiger partial charge on any atom is 0.324 e. The first-order valence-corrected chi connectivity index (χ1v) is 6.06. The lowest BCUT2D eigenvalue weighted by molar-refractivity contribution is -0.157. The van der Waals surface area contributed by atoms with E-state index in [1.807, 2.05) is 50.1 Å². The average Bonchev–Trinajstić information content (AvgIpc) is 2.29. The topological polar surface area (TPSA) is 55.6 Å². The first-order valence-electron chi connectivity index (χ1n) is 6.06. The molecule has 1 aliphatic rings. The number of allylic oxidation sites excluding steroid dienone is 2. The van der Waals surface area contributed by atoms with Crippen LogP contribution < -0.4 is 5.73 Å². The fourth-order valence-corrected chi connectivity index (χ4v) is 1.68. The molecule has 1 aliphatic heterocycles. The van der Waals surface area contributed by atoms with Gasteiger partial charge in [-0.15, -0.1) is 0 Å². The van der Waals surface area contributed by atoms with Crippen molar-refractivity contribution in [1.29, 1.82) is 0 Å². The van der Waals surface area contributed by atoms with Crippen molar-refractivity contribution in [1.82, 2.24) is 4.90 Å². The normalized spacial score (nSPS) is 18.3. The first kappa shape index (κ1) is 13.8. The van der Waals surface area contributed by atoms with Crippen LogP contribution in [0.5, 0.6) is 0 Å². The first-order chi connectivity index (χ1) is 8.00. The van der Waals surface area contributed by atoms with Gasteiger partial charge in [0.25, 0.3) is 0 Å². The van der Waals surface area contributed by atoms with E-state index in [1.54, 1.807) is 0 Å². The molecule has 17 heavy (non-hydrogen) atoms. The molecule has 0 bridgehead atoms. The van der Waals surface area contributed by atoms with Gasteiger partial charge in [-0.05, 0) is 25.3 Å².